The lowest BCUT2D eigenvalue weighted by atomic mass is 9.95. The third-order valence-electron chi connectivity index (χ3n) is 3.63. The van der Waals surface area contributed by atoms with Crippen molar-refractivity contribution in [3.05, 3.63) is 47.5 Å². The van der Waals surface area contributed by atoms with Crippen LogP contribution in [0.5, 0.6) is 23.0 Å². The summed E-state index contributed by atoms with van der Waals surface area (Å²) >= 11 is 0. The molecule has 13 heteroatoms. The highest BCUT2D eigenvalue weighted by atomic mass is 32.3. The number of fused-ring (bicyclic) bond motifs is 1. The molecule has 150 valence electrons. The first-order valence-corrected chi connectivity index (χ1v) is 10.1. The largest absolute Gasteiger partial charge is 0.507 e. The van der Waals surface area contributed by atoms with Crippen molar-refractivity contribution in [2.75, 3.05) is 0 Å². The topological polar surface area (TPSA) is 174 Å². The maximum absolute atomic E-state index is 12.4. The molecule has 0 radical (unpaired) electrons. The first kappa shape index (κ1) is 19.9. The summed E-state index contributed by atoms with van der Waals surface area (Å²) in [6.45, 7) is 0. The summed E-state index contributed by atoms with van der Waals surface area (Å²) < 4.78 is 74.6. The molecule has 1 unspecified atom stereocenters. The SMILES string of the molecule is O=C1CC(c2ccc(OS(=O)(=O)O)cc2)Oc2cc(OS(=O)(=O)O)cc(O)c21. The van der Waals surface area contributed by atoms with E-state index in [2.05, 4.69) is 8.37 Å². The van der Waals surface area contributed by atoms with Gasteiger partial charge in [-0.25, -0.2) is 0 Å². The fraction of sp³-hybridized carbons (Fsp3) is 0.133. The maximum Gasteiger partial charge on any atom is 0.446 e. The Balaban J connectivity index is 1.90. The highest BCUT2D eigenvalue weighted by Gasteiger charge is 2.31. The number of phenols is 1. The minimum absolute atomic E-state index is 0.168. The highest BCUT2D eigenvalue weighted by molar-refractivity contribution is 7.81. The average molecular weight is 432 g/mol. The van der Waals surface area contributed by atoms with Crippen LogP contribution in [0.15, 0.2) is 36.4 Å². The molecule has 0 fully saturated rings. The third kappa shape index (κ3) is 4.69. The number of carbonyl (C=O) groups excluding carboxylic acids is 1. The number of hydrogen-bond acceptors (Lipinski definition) is 9. The van der Waals surface area contributed by atoms with E-state index in [9.17, 15) is 26.7 Å². The molecule has 2 aromatic rings. The van der Waals surface area contributed by atoms with Gasteiger partial charge < -0.3 is 18.2 Å². The molecule has 0 saturated carbocycles. The lowest BCUT2D eigenvalue weighted by Gasteiger charge is -2.26. The van der Waals surface area contributed by atoms with Crippen LogP contribution in [0.3, 0.4) is 0 Å². The number of ketones is 1. The molecule has 1 heterocycles. The molecule has 1 aliphatic heterocycles. The quantitative estimate of drug-likeness (QED) is 0.583. The van der Waals surface area contributed by atoms with Crippen LogP contribution >= 0.6 is 0 Å². The molecule has 1 aliphatic rings. The van der Waals surface area contributed by atoms with Gasteiger partial charge in [0.05, 0.1) is 6.42 Å². The van der Waals surface area contributed by atoms with E-state index in [-0.39, 0.29) is 23.5 Å². The van der Waals surface area contributed by atoms with Crippen LogP contribution in [0.2, 0.25) is 0 Å². The second-order valence-electron chi connectivity index (χ2n) is 5.64. The normalized spacial score (nSPS) is 16.8. The van der Waals surface area contributed by atoms with E-state index in [4.69, 9.17) is 13.8 Å². The van der Waals surface area contributed by atoms with Crippen LogP contribution in [0.4, 0.5) is 0 Å². The van der Waals surface area contributed by atoms with Gasteiger partial charge in [-0.05, 0) is 17.7 Å². The zero-order valence-corrected chi connectivity index (χ0v) is 15.3. The Morgan fingerprint density at radius 3 is 2.07 bits per heavy atom. The number of Topliss-reactive ketones (excluding diaryl/α,β-unsaturated/α-hetero) is 1. The number of ether oxygens (including phenoxy) is 1. The monoisotopic (exact) mass is 432 g/mol. The van der Waals surface area contributed by atoms with Crippen molar-refractivity contribution in [3.8, 4) is 23.0 Å². The summed E-state index contributed by atoms with van der Waals surface area (Å²) in [5.74, 6) is -1.89. The van der Waals surface area contributed by atoms with Gasteiger partial charge in [-0.1, -0.05) is 12.1 Å². The predicted molar refractivity (Wildman–Crippen MR) is 91.2 cm³/mol. The number of aromatic hydroxyl groups is 1. The van der Waals surface area contributed by atoms with Gasteiger partial charge >= 0.3 is 20.8 Å². The lowest BCUT2D eigenvalue weighted by molar-refractivity contribution is 0.0845. The number of carbonyl (C=O) groups is 1. The van der Waals surface area contributed by atoms with E-state index < -0.39 is 44.2 Å². The van der Waals surface area contributed by atoms with Crippen molar-refractivity contribution in [2.45, 2.75) is 12.5 Å². The fourth-order valence-electron chi connectivity index (χ4n) is 2.63. The molecule has 2 aromatic carbocycles. The van der Waals surface area contributed by atoms with E-state index in [0.29, 0.717) is 5.56 Å². The minimum Gasteiger partial charge on any atom is -0.507 e. The zero-order valence-electron chi connectivity index (χ0n) is 13.7. The summed E-state index contributed by atoms with van der Waals surface area (Å²) in [4.78, 5) is 12.4. The highest BCUT2D eigenvalue weighted by Crippen LogP contribution is 2.42. The van der Waals surface area contributed by atoms with Crippen molar-refractivity contribution >= 4 is 26.6 Å². The molecular formula is C15H12O11S2. The molecule has 0 amide bonds. The predicted octanol–water partition coefficient (Wildman–Crippen LogP) is 1.46. The summed E-state index contributed by atoms with van der Waals surface area (Å²) in [6.07, 6.45) is -1.02. The van der Waals surface area contributed by atoms with Gasteiger partial charge in [0.15, 0.2) is 11.5 Å². The van der Waals surface area contributed by atoms with Crippen LogP contribution in [-0.2, 0) is 20.8 Å². The molecular weight excluding hydrogens is 420 g/mol. The number of rotatable bonds is 5. The average Bonchev–Trinajstić information content (AvgIpc) is 2.51. The Bertz CT molecular complexity index is 1140. The first-order valence-electron chi connectivity index (χ1n) is 7.42. The first-order chi connectivity index (χ1) is 12.9. The van der Waals surface area contributed by atoms with Gasteiger partial charge in [-0.15, -0.1) is 0 Å². The molecule has 11 nitrogen and oxygen atoms in total. The smallest absolute Gasteiger partial charge is 0.446 e. The summed E-state index contributed by atoms with van der Waals surface area (Å²) in [6, 6.07) is 7.09. The van der Waals surface area contributed by atoms with Crippen LogP contribution in [0, 0.1) is 0 Å². The molecule has 3 N–H and O–H groups in total. The molecule has 3 rings (SSSR count). The van der Waals surface area contributed by atoms with Crippen LogP contribution in [-0.4, -0.2) is 36.8 Å². The zero-order chi connectivity index (χ0) is 20.7. The van der Waals surface area contributed by atoms with Crippen molar-refractivity contribution < 1.29 is 48.9 Å². The second-order valence-corrected chi connectivity index (χ2v) is 7.68. The van der Waals surface area contributed by atoms with Crippen molar-refractivity contribution in [3.63, 3.8) is 0 Å². The van der Waals surface area contributed by atoms with Gasteiger partial charge in [0.25, 0.3) is 0 Å². The van der Waals surface area contributed by atoms with Crippen molar-refractivity contribution in [2.24, 2.45) is 0 Å². The van der Waals surface area contributed by atoms with Gasteiger partial charge in [0.2, 0.25) is 0 Å². The molecule has 0 aromatic heterocycles. The Hall–Kier alpha value is -2.87. The van der Waals surface area contributed by atoms with Crippen molar-refractivity contribution in [1.29, 1.82) is 0 Å². The van der Waals surface area contributed by atoms with Crippen molar-refractivity contribution in [1.82, 2.24) is 0 Å². The molecule has 0 spiro atoms. The molecule has 28 heavy (non-hydrogen) atoms. The van der Waals surface area contributed by atoms with Crippen LogP contribution in [0.1, 0.15) is 28.4 Å². The summed E-state index contributed by atoms with van der Waals surface area (Å²) in [5, 5.41) is 9.95. The summed E-state index contributed by atoms with van der Waals surface area (Å²) in [7, 11) is -9.54. The minimum atomic E-state index is -4.85. The number of phenolic OH excluding ortho intramolecular Hbond substituents is 1. The Morgan fingerprint density at radius 1 is 0.929 bits per heavy atom. The maximum atomic E-state index is 12.4. The molecule has 0 saturated heterocycles. The standard InChI is InChI=1S/C15H12O11S2/c16-11-5-10(26-28(21,22)23)6-14-15(11)12(17)7-13(24-14)8-1-3-9(4-2-8)25-27(18,19)20/h1-6,13,16H,7H2,(H,18,19,20)(H,21,22,23). The summed E-state index contributed by atoms with van der Waals surface area (Å²) in [5.41, 5.74) is 0.257. The molecule has 0 bridgehead atoms. The van der Waals surface area contributed by atoms with Gasteiger partial charge in [0, 0.05) is 12.1 Å². The third-order valence-corrected chi connectivity index (χ3v) is 4.43. The van der Waals surface area contributed by atoms with Gasteiger partial charge in [-0.3, -0.25) is 13.9 Å². The van der Waals surface area contributed by atoms with E-state index >= 15 is 0 Å². The molecule has 0 aliphatic carbocycles. The number of hydrogen-bond donors (Lipinski definition) is 3. The van der Waals surface area contributed by atoms with E-state index in [1.54, 1.807) is 0 Å². The van der Waals surface area contributed by atoms with Gasteiger partial charge in [-0.2, -0.15) is 16.8 Å². The Morgan fingerprint density at radius 2 is 1.50 bits per heavy atom. The second kappa shape index (κ2) is 6.94. The van der Waals surface area contributed by atoms with Crippen LogP contribution < -0.4 is 13.1 Å². The number of benzene rings is 2. The fourth-order valence-corrected chi connectivity index (χ4v) is 3.32. The van der Waals surface area contributed by atoms with E-state index in [1.807, 2.05) is 0 Å². The Labute approximate surface area is 159 Å². The Kier molecular flexibility index (Phi) is 4.93. The lowest BCUT2D eigenvalue weighted by Crippen LogP contribution is -2.20. The van der Waals surface area contributed by atoms with E-state index in [0.717, 1.165) is 12.1 Å². The van der Waals surface area contributed by atoms with Crippen LogP contribution in [0.25, 0.3) is 0 Å². The molecule has 1 atom stereocenters. The van der Waals surface area contributed by atoms with E-state index in [1.165, 1.54) is 24.3 Å². The van der Waals surface area contributed by atoms with Gasteiger partial charge in [0.1, 0.15) is 28.9 Å².